The molecule has 5 nitrogen and oxygen atoms in total. The molecule has 0 saturated heterocycles. The van der Waals surface area contributed by atoms with Gasteiger partial charge in [0.25, 0.3) is 0 Å². The van der Waals surface area contributed by atoms with Crippen LogP contribution in [0.25, 0.3) is 22.4 Å². The molecular weight excluding hydrogens is 384 g/mol. The van der Waals surface area contributed by atoms with Crippen LogP contribution >= 0.6 is 11.6 Å². The standard InChI is InChI=1S/C20H14ClF2N5/c21-12-7-14-15(9-25-18(14)24-8-12)19-26-10-16(22)20(27-19)28(23)17-6-5-11-3-1-2-4-13(11)17/h1-4,7-10,17H,5-6H2,(H,24,25)/t17-/m0/s1. The minimum Gasteiger partial charge on any atom is -0.345 e. The fraction of sp³-hybridized carbons (Fsp3) is 0.150. The zero-order chi connectivity index (χ0) is 19.3. The molecule has 0 unspecified atom stereocenters. The summed E-state index contributed by atoms with van der Waals surface area (Å²) in [5.41, 5.74) is 3.09. The maximum Gasteiger partial charge on any atom is 0.197 e. The van der Waals surface area contributed by atoms with E-state index in [0.717, 1.165) is 23.7 Å². The quantitative estimate of drug-likeness (QED) is 0.483. The van der Waals surface area contributed by atoms with E-state index in [4.69, 9.17) is 11.6 Å². The second-order valence-corrected chi connectivity index (χ2v) is 7.12. The van der Waals surface area contributed by atoms with Crippen LogP contribution in [0.5, 0.6) is 0 Å². The van der Waals surface area contributed by atoms with Crippen molar-refractivity contribution < 1.29 is 8.87 Å². The van der Waals surface area contributed by atoms with Crippen molar-refractivity contribution in [1.82, 2.24) is 19.9 Å². The van der Waals surface area contributed by atoms with E-state index in [-0.39, 0.29) is 11.6 Å². The van der Waals surface area contributed by atoms with Crippen molar-refractivity contribution in [2.24, 2.45) is 0 Å². The van der Waals surface area contributed by atoms with Crippen LogP contribution in [0.4, 0.5) is 14.7 Å². The van der Waals surface area contributed by atoms with Crippen molar-refractivity contribution in [1.29, 1.82) is 0 Å². The fourth-order valence-electron chi connectivity index (χ4n) is 3.72. The Morgan fingerprint density at radius 2 is 2.04 bits per heavy atom. The summed E-state index contributed by atoms with van der Waals surface area (Å²) in [6.45, 7) is 0. The average molecular weight is 398 g/mol. The van der Waals surface area contributed by atoms with Crippen molar-refractivity contribution in [3.8, 4) is 11.4 Å². The van der Waals surface area contributed by atoms with Crippen molar-refractivity contribution in [3.05, 3.63) is 70.9 Å². The van der Waals surface area contributed by atoms with Gasteiger partial charge in [-0.1, -0.05) is 40.3 Å². The molecule has 3 heterocycles. The van der Waals surface area contributed by atoms with E-state index < -0.39 is 11.9 Å². The van der Waals surface area contributed by atoms with Gasteiger partial charge in [0.2, 0.25) is 0 Å². The van der Waals surface area contributed by atoms with Gasteiger partial charge in [-0.05, 0) is 30.0 Å². The molecule has 0 fully saturated rings. The van der Waals surface area contributed by atoms with Crippen molar-refractivity contribution >= 4 is 28.5 Å². The molecule has 28 heavy (non-hydrogen) atoms. The van der Waals surface area contributed by atoms with E-state index in [0.29, 0.717) is 33.2 Å². The van der Waals surface area contributed by atoms with Gasteiger partial charge >= 0.3 is 0 Å². The number of aromatic nitrogens is 4. The summed E-state index contributed by atoms with van der Waals surface area (Å²) in [5.74, 6) is -0.997. The summed E-state index contributed by atoms with van der Waals surface area (Å²) in [6.07, 6.45) is 5.46. The minimum atomic E-state index is -0.813. The van der Waals surface area contributed by atoms with Crippen LogP contribution in [0.3, 0.4) is 0 Å². The third kappa shape index (κ3) is 2.70. The lowest BCUT2D eigenvalue weighted by Crippen LogP contribution is -2.20. The smallest absolute Gasteiger partial charge is 0.197 e. The topological polar surface area (TPSA) is 57.7 Å². The molecule has 1 aliphatic rings. The highest BCUT2D eigenvalue weighted by atomic mass is 35.5. The normalized spacial score (nSPS) is 15.8. The van der Waals surface area contributed by atoms with E-state index in [9.17, 15) is 4.39 Å². The van der Waals surface area contributed by atoms with E-state index in [1.54, 1.807) is 12.3 Å². The number of nitrogens with one attached hydrogen (secondary N) is 1. The first-order chi connectivity index (χ1) is 13.6. The monoisotopic (exact) mass is 397 g/mol. The Kier molecular flexibility index (Phi) is 3.98. The Bertz CT molecular complexity index is 1190. The summed E-state index contributed by atoms with van der Waals surface area (Å²) in [6, 6.07) is 8.74. The first kappa shape index (κ1) is 17.1. The molecule has 0 aliphatic heterocycles. The molecule has 1 atom stereocenters. The molecule has 0 radical (unpaired) electrons. The largest absolute Gasteiger partial charge is 0.345 e. The number of rotatable bonds is 3. The number of H-pyrrole nitrogens is 1. The molecule has 140 valence electrons. The number of anilines is 1. The number of aryl methyl sites for hydroxylation is 1. The van der Waals surface area contributed by atoms with Crippen LogP contribution in [-0.2, 0) is 6.42 Å². The molecule has 1 N–H and O–H groups in total. The Labute approximate surface area is 164 Å². The molecule has 0 bridgehead atoms. The minimum absolute atomic E-state index is 0.195. The van der Waals surface area contributed by atoms with Gasteiger partial charge in [0.05, 0.1) is 17.3 Å². The lowest BCUT2D eigenvalue weighted by molar-refractivity contribution is 0.356. The Morgan fingerprint density at radius 3 is 2.93 bits per heavy atom. The van der Waals surface area contributed by atoms with Gasteiger partial charge in [0, 0.05) is 23.3 Å². The molecule has 1 aliphatic carbocycles. The number of nitrogens with zero attached hydrogens (tertiary/aromatic N) is 4. The molecule has 0 spiro atoms. The second-order valence-electron chi connectivity index (χ2n) is 6.68. The maximum absolute atomic E-state index is 15.2. The highest BCUT2D eigenvalue weighted by Crippen LogP contribution is 2.39. The third-order valence-corrected chi connectivity index (χ3v) is 5.25. The van der Waals surface area contributed by atoms with Crippen LogP contribution in [0.2, 0.25) is 5.02 Å². The van der Waals surface area contributed by atoms with Crippen LogP contribution < -0.4 is 5.12 Å². The van der Waals surface area contributed by atoms with Gasteiger partial charge in [-0.2, -0.15) is 5.12 Å². The molecule has 8 heteroatoms. The second kappa shape index (κ2) is 6.53. The SMILES string of the molecule is Fc1cnc(-c2c[nH]c3ncc(Cl)cc23)nc1N(F)[C@H]1CCc2ccccc21. The van der Waals surface area contributed by atoms with Crippen molar-refractivity contribution in [2.45, 2.75) is 18.9 Å². The zero-order valence-electron chi connectivity index (χ0n) is 14.5. The summed E-state index contributed by atoms with van der Waals surface area (Å²) in [4.78, 5) is 15.4. The number of pyridine rings is 1. The van der Waals surface area contributed by atoms with E-state index in [1.807, 2.05) is 24.3 Å². The molecular formula is C20H14ClF2N5. The van der Waals surface area contributed by atoms with Gasteiger partial charge in [0.15, 0.2) is 17.5 Å². The van der Waals surface area contributed by atoms with Crippen LogP contribution in [-0.4, -0.2) is 19.9 Å². The summed E-state index contributed by atoms with van der Waals surface area (Å²) >= 11 is 6.03. The summed E-state index contributed by atoms with van der Waals surface area (Å²) < 4.78 is 29.7. The summed E-state index contributed by atoms with van der Waals surface area (Å²) in [7, 11) is 0. The predicted molar refractivity (Wildman–Crippen MR) is 103 cm³/mol. The van der Waals surface area contributed by atoms with Gasteiger partial charge in [0.1, 0.15) is 5.65 Å². The van der Waals surface area contributed by atoms with Crippen molar-refractivity contribution in [3.63, 3.8) is 0 Å². The first-order valence-corrected chi connectivity index (χ1v) is 9.18. The Balaban J connectivity index is 1.57. The lowest BCUT2D eigenvalue weighted by Gasteiger charge is -2.21. The maximum atomic E-state index is 15.2. The summed E-state index contributed by atoms with van der Waals surface area (Å²) in [5, 5.41) is 1.54. The fourth-order valence-corrected chi connectivity index (χ4v) is 3.88. The van der Waals surface area contributed by atoms with Gasteiger partial charge in [-0.25, -0.2) is 19.3 Å². The third-order valence-electron chi connectivity index (χ3n) is 5.04. The van der Waals surface area contributed by atoms with E-state index in [2.05, 4.69) is 19.9 Å². The van der Waals surface area contributed by atoms with Crippen LogP contribution in [0, 0.1) is 5.82 Å². The number of hydrogen-bond acceptors (Lipinski definition) is 4. The Morgan fingerprint density at radius 1 is 1.18 bits per heavy atom. The average Bonchev–Trinajstić information content (AvgIpc) is 3.32. The van der Waals surface area contributed by atoms with Crippen molar-refractivity contribution in [2.75, 3.05) is 5.12 Å². The number of aromatic amines is 1. The van der Waals surface area contributed by atoms with E-state index in [1.165, 1.54) is 6.20 Å². The molecule has 0 amide bonds. The number of benzene rings is 1. The van der Waals surface area contributed by atoms with Gasteiger partial charge in [-0.3, -0.25) is 0 Å². The molecule has 5 rings (SSSR count). The highest BCUT2D eigenvalue weighted by molar-refractivity contribution is 6.31. The lowest BCUT2D eigenvalue weighted by atomic mass is 10.1. The van der Waals surface area contributed by atoms with E-state index >= 15 is 4.48 Å². The number of hydrogen-bond donors (Lipinski definition) is 1. The molecule has 1 aromatic carbocycles. The van der Waals surface area contributed by atoms with Crippen LogP contribution in [0.1, 0.15) is 23.6 Å². The molecule has 0 saturated carbocycles. The molecule has 4 aromatic rings. The number of halogens is 3. The van der Waals surface area contributed by atoms with Gasteiger partial charge in [-0.15, -0.1) is 0 Å². The zero-order valence-corrected chi connectivity index (χ0v) is 15.3. The molecule has 3 aromatic heterocycles. The van der Waals surface area contributed by atoms with Gasteiger partial charge < -0.3 is 4.98 Å². The Hall–Kier alpha value is -3.06. The highest BCUT2D eigenvalue weighted by Gasteiger charge is 2.31. The first-order valence-electron chi connectivity index (χ1n) is 8.80. The number of fused-ring (bicyclic) bond motifs is 2. The van der Waals surface area contributed by atoms with Crippen LogP contribution in [0.15, 0.2) is 48.9 Å². The predicted octanol–water partition coefficient (Wildman–Crippen LogP) is 5.19.